The van der Waals surface area contributed by atoms with Crippen molar-refractivity contribution in [3.63, 3.8) is 0 Å². The van der Waals surface area contributed by atoms with Gasteiger partial charge in [0.05, 0.1) is 6.42 Å². The maximum Gasteiger partial charge on any atom is 0.305 e. The summed E-state index contributed by atoms with van der Waals surface area (Å²) < 4.78 is 36.5. The molecule has 1 rings (SSSR count). The molecule has 0 aliphatic heterocycles. The van der Waals surface area contributed by atoms with Crippen LogP contribution in [0.4, 0.5) is 4.39 Å². The summed E-state index contributed by atoms with van der Waals surface area (Å²) in [4.78, 5) is 9.60. The largest absolute Gasteiger partial charge is 0.506 e. The van der Waals surface area contributed by atoms with Gasteiger partial charge in [-0.25, -0.2) is 12.8 Å². The Kier molecular flexibility index (Phi) is 3.92. The number of hydrogen-bond donors (Lipinski definition) is 3. The van der Waals surface area contributed by atoms with Crippen molar-refractivity contribution in [2.24, 2.45) is 5.73 Å². The number of carbonyl (C=O) groups is 1. The maximum absolute atomic E-state index is 13.9. The number of halogens is 1. The number of sulfone groups is 1. The zero-order chi connectivity index (χ0) is 14.1. The summed E-state index contributed by atoms with van der Waals surface area (Å²) in [5.41, 5.74) is 5.19. The monoisotopic (exact) mass is 277 g/mol. The second-order valence-electron chi connectivity index (χ2n) is 3.79. The van der Waals surface area contributed by atoms with E-state index in [-0.39, 0.29) is 5.56 Å². The number of phenolic OH excluding ortho intramolecular Hbond substituents is 1. The van der Waals surface area contributed by atoms with E-state index in [9.17, 15) is 22.7 Å². The first kappa shape index (κ1) is 14.4. The first-order valence-electron chi connectivity index (χ1n) is 4.83. The number of benzene rings is 1. The Morgan fingerprint density at radius 3 is 2.50 bits per heavy atom. The van der Waals surface area contributed by atoms with Crippen LogP contribution in [0.5, 0.6) is 5.75 Å². The lowest BCUT2D eigenvalue weighted by Crippen LogP contribution is -2.17. The van der Waals surface area contributed by atoms with Gasteiger partial charge >= 0.3 is 5.97 Å². The fraction of sp³-hybridized carbons (Fsp3) is 0.300. The topological polar surface area (TPSA) is 118 Å². The summed E-state index contributed by atoms with van der Waals surface area (Å²) in [5.74, 6) is -3.19. The van der Waals surface area contributed by atoms with E-state index in [4.69, 9.17) is 10.8 Å². The standard InChI is InChI=1S/C10H12FNO5S/c1-18(16,17)10-7(13)3-2-5(9(10)11)6(12)4-8(14)15/h2-3,6,13H,4,12H2,1H3,(H,14,15). The van der Waals surface area contributed by atoms with E-state index in [0.29, 0.717) is 0 Å². The van der Waals surface area contributed by atoms with E-state index in [1.54, 1.807) is 0 Å². The summed E-state index contributed by atoms with van der Waals surface area (Å²) >= 11 is 0. The molecule has 0 saturated carbocycles. The van der Waals surface area contributed by atoms with Gasteiger partial charge in [0.25, 0.3) is 0 Å². The Bertz CT molecular complexity index is 584. The lowest BCUT2D eigenvalue weighted by molar-refractivity contribution is -0.137. The number of carboxylic acids is 1. The number of phenols is 1. The minimum Gasteiger partial charge on any atom is -0.506 e. The molecule has 0 spiro atoms. The van der Waals surface area contributed by atoms with Crippen LogP contribution in [0.2, 0.25) is 0 Å². The number of nitrogens with two attached hydrogens (primary N) is 1. The van der Waals surface area contributed by atoms with Crippen LogP contribution in [0.15, 0.2) is 17.0 Å². The summed E-state index contributed by atoms with van der Waals surface area (Å²) in [6.07, 6.45) is 0.183. The third-order valence-electron chi connectivity index (χ3n) is 2.27. The van der Waals surface area contributed by atoms with Crippen molar-refractivity contribution < 1.29 is 27.8 Å². The molecule has 1 unspecified atom stereocenters. The Morgan fingerprint density at radius 2 is 2.06 bits per heavy atom. The molecule has 0 amide bonds. The summed E-state index contributed by atoms with van der Waals surface area (Å²) in [5, 5.41) is 17.9. The number of hydrogen-bond acceptors (Lipinski definition) is 5. The molecule has 1 aromatic rings. The molecule has 6 nitrogen and oxygen atoms in total. The average Bonchev–Trinajstić information content (AvgIpc) is 2.13. The quantitative estimate of drug-likeness (QED) is 0.733. The molecular formula is C10H12FNO5S. The molecule has 0 aliphatic rings. The van der Waals surface area contributed by atoms with E-state index in [1.807, 2.05) is 0 Å². The highest BCUT2D eigenvalue weighted by Gasteiger charge is 2.25. The van der Waals surface area contributed by atoms with Gasteiger partial charge in [-0.2, -0.15) is 0 Å². The Balaban J connectivity index is 3.38. The van der Waals surface area contributed by atoms with Crippen LogP contribution in [0, 0.1) is 5.82 Å². The number of aliphatic carboxylic acids is 1. The molecule has 4 N–H and O–H groups in total. The van der Waals surface area contributed by atoms with Gasteiger partial charge in [-0.15, -0.1) is 0 Å². The molecule has 0 fully saturated rings. The van der Waals surface area contributed by atoms with Gasteiger partial charge in [0.15, 0.2) is 9.84 Å². The molecule has 100 valence electrons. The van der Waals surface area contributed by atoms with Gasteiger partial charge in [-0.05, 0) is 6.07 Å². The zero-order valence-corrected chi connectivity index (χ0v) is 10.2. The number of rotatable bonds is 4. The second-order valence-corrected chi connectivity index (χ2v) is 5.75. The Morgan fingerprint density at radius 1 is 1.50 bits per heavy atom. The molecule has 1 atom stereocenters. The van der Waals surface area contributed by atoms with Crippen molar-refractivity contribution in [3.8, 4) is 5.75 Å². The Labute approximate surface area is 103 Å². The van der Waals surface area contributed by atoms with Crippen molar-refractivity contribution in [2.45, 2.75) is 17.4 Å². The minimum atomic E-state index is -3.98. The molecule has 0 heterocycles. The molecule has 18 heavy (non-hydrogen) atoms. The van der Waals surface area contributed by atoms with E-state index < -0.39 is 44.7 Å². The molecule has 8 heteroatoms. The van der Waals surface area contributed by atoms with Crippen LogP contribution in [-0.2, 0) is 14.6 Å². The van der Waals surface area contributed by atoms with Gasteiger partial charge in [0, 0.05) is 17.9 Å². The first-order valence-corrected chi connectivity index (χ1v) is 6.72. The molecule has 0 bridgehead atoms. The summed E-state index contributed by atoms with van der Waals surface area (Å²) in [6, 6.07) is 0.840. The molecule has 0 saturated heterocycles. The van der Waals surface area contributed by atoms with E-state index in [2.05, 4.69) is 0 Å². The van der Waals surface area contributed by atoms with Gasteiger partial charge in [-0.1, -0.05) is 6.07 Å². The maximum atomic E-state index is 13.9. The van der Waals surface area contributed by atoms with Crippen LogP contribution in [-0.4, -0.2) is 30.9 Å². The van der Waals surface area contributed by atoms with Gasteiger partial charge in [0.2, 0.25) is 0 Å². The van der Waals surface area contributed by atoms with Gasteiger partial charge in [0.1, 0.15) is 16.5 Å². The lowest BCUT2D eigenvalue weighted by atomic mass is 10.0. The van der Waals surface area contributed by atoms with Crippen LogP contribution in [0.3, 0.4) is 0 Å². The summed E-state index contributed by atoms with van der Waals surface area (Å²) in [6.45, 7) is 0. The molecule has 0 aliphatic carbocycles. The van der Waals surface area contributed by atoms with Crippen molar-refractivity contribution in [3.05, 3.63) is 23.5 Å². The first-order chi connectivity index (χ1) is 8.14. The number of carboxylic acid groups (broad SMARTS) is 1. The predicted octanol–water partition coefficient (Wildman–Crippen LogP) is 0.409. The van der Waals surface area contributed by atoms with Crippen molar-refractivity contribution in [2.75, 3.05) is 6.26 Å². The van der Waals surface area contributed by atoms with E-state index >= 15 is 0 Å². The van der Waals surface area contributed by atoms with E-state index in [1.165, 1.54) is 0 Å². The minimum absolute atomic E-state index is 0.268. The highest BCUT2D eigenvalue weighted by molar-refractivity contribution is 7.90. The third-order valence-corrected chi connectivity index (χ3v) is 3.40. The molecule has 0 radical (unpaired) electrons. The second kappa shape index (κ2) is 4.91. The highest BCUT2D eigenvalue weighted by Crippen LogP contribution is 2.30. The van der Waals surface area contributed by atoms with Crippen LogP contribution < -0.4 is 5.73 Å². The van der Waals surface area contributed by atoms with Crippen molar-refractivity contribution in [1.29, 1.82) is 0 Å². The van der Waals surface area contributed by atoms with Crippen LogP contribution >= 0.6 is 0 Å². The SMILES string of the molecule is CS(=O)(=O)c1c(O)ccc(C(N)CC(=O)O)c1F. The Hall–Kier alpha value is -1.67. The van der Waals surface area contributed by atoms with Crippen molar-refractivity contribution >= 4 is 15.8 Å². The van der Waals surface area contributed by atoms with Gasteiger partial charge < -0.3 is 15.9 Å². The zero-order valence-electron chi connectivity index (χ0n) is 9.42. The summed E-state index contributed by atoms with van der Waals surface area (Å²) in [7, 11) is -3.98. The average molecular weight is 277 g/mol. The van der Waals surface area contributed by atoms with Crippen LogP contribution in [0.25, 0.3) is 0 Å². The van der Waals surface area contributed by atoms with Crippen LogP contribution in [0.1, 0.15) is 18.0 Å². The predicted molar refractivity (Wildman–Crippen MR) is 60.4 cm³/mol. The molecule has 0 aromatic heterocycles. The fourth-order valence-corrected chi connectivity index (χ4v) is 2.39. The molecule has 1 aromatic carbocycles. The number of aromatic hydroxyl groups is 1. The highest BCUT2D eigenvalue weighted by atomic mass is 32.2. The fourth-order valence-electron chi connectivity index (χ4n) is 1.50. The smallest absolute Gasteiger partial charge is 0.305 e. The normalized spacial score (nSPS) is 13.3. The third kappa shape index (κ3) is 2.96. The molecular weight excluding hydrogens is 265 g/mol. The lowest BCUT2D eigenvalue weighted by Gasteiger charge is -2.13. The van der Waals surface area contributed by atoms with E-state index in [0.717, 1.165) is 18.4 Å². The van der Waals surface area contributed by atoms with Crippen molar-refractivity contribution in [1.82, 2.24) is 0 Å². The van der Waals surface area contributed by atoms with Gasteiger partial charge in [-0.3, -0.25) is 4.79 Å².